The van der Waals surface area contributed by atoms with Gasteiger partial charge in [0, 0.05) is 38.1 Å². The number of amides is 1. The molecular weight excluding hydrogens is 350 g/mol. The van der Waals surface area contributed by atoms with E-state index in [-0.39, 0.29) is 10.8 Å². The van der Waals surface area contributed by atoms with Crippen LogP contribution in [0.25, 0.3) is 10.6 Å². The van der Waals surface area contributed by atoms with Crippen LogP contribution in [0, 0.1) is 6.92 Å². The lowest BCUT2D eigenvalue weighted by atomic mass is 10.2. The molecule has 2 N–H and O–H groups in total. The van der Waals surface area contributed by atoms with Crippen LogP contribution in [-0.4, -0.2) is 20.4 Å². The van der Waals surface area contributed by atoms with E-state index in [0.717, 1.165) is 21.8 Å². The molecule has 0 aliphatic heterocycles. The van der Waals surface area contributed by atoms with Gasteiger partial charge in [0.25, 0.3) is 0 Å². The van der Waals surface area contributed by atoms with E-state index in [4.69, 9.17) is 0 Å². The number of nitrogens with one attached hydrogen (secondary N) is 2. The zero-order valence-electron chi connectivity index (χ0n) is 14.7. The van der Waals surface area contributed by atoms with Crippen molar-refractivity contribution in [1.29, 1.82) is 0 Å². The Bertz CT molecular complexity index is 992. The van der Waals surface area contributed by atoms with Gasteiger partial charge >= 0.3 is 4.87 Å². The van der Waals surface area contributed by atoms with Gasteiger partial charge in [-0.15, -0.1) is 0 Å². The third kappa shape index (κ3) is 3.97. The number of thiazole rings is 1. The third-order valence-electron chi connectivity index (χ3n) is 3.93. The van der Waals surface area contributed by atoms with Crippen molar-refractivity contribution in [2.24, 2.45) is 7.05 Å². The van der Waals surface area contributed by atoms with Crippen LogP contribution in [0.4, 0.5) is 11.6 Å². The molecule has 0 aliphatic carbocycles. The average molecular weight is 369 g/mol. The van der Waals surface area contributed by atoms with E-state index in [1.807, 2.05) is 31.2 Å². The molecule has 0 fully saturated rings. The molecule has 1 aromatic carbocycles. The molecule has 0 saturated heterocycles. The van der Waals surface area contributed by atoms with Gasteiger partial charge < -0.3 is 15.2 Å². The van der Waals surface area contributed by atoms with Crippen LogP contribution in [0.15, 0.2) is 41.3 Å². The number of carbonyl (C=O) groups is 1. The van der Waals surface area contributed by atoms with Gasteiger partial charge in [0.1, 0.15) is 0 Å². The van der Waals surface area contributed by atoms with Crippen LogP contribution >= 0.6 is 11.3 Å². The van der Waals surface area contributed by atoms with E-state index >= 15 is 0 Å². The van der Waals surface area contributed by atoms with Crippen molar-refractivity contribution < 1.29 is 4.79 Å². The van der Waals surface area contributed by atoms with E-state index in [1.54, 1.807) is 23.9 Å². The van der Waals surface area contributed by atoms with Gasteiger partial charge in [-0.25, -0.2) is 9.97 Å². The Hall–Kier alpha value is -3.00. The van der Waals surface area contributed by atoms with Crippen molar-refractivity contribution >= 4 is 28.9 Å². The molecule has 1 amide bonds. The van der Waals surface area contributed by atoms with Crippen LogP contribution in [-0.2, 0) is 18.4 Å². The van der Waals surface area contributed by atoms with Crippen LogP contribution in [0.2, 0.25) is 0 Å². The molecule has 8 heteroatoms. The molecule has 0 radical (unpaired) electrons. The summed E-state index contributed by atoms with van der Waals surface area (Å²) < 4.78 is 1.61. The number of hydrogen-bond acceptors (Lipinski definition) is 6. The molecule has 2 aromatic heterocycles. The largest absolute Gasteiger partial charge is 0.352 e. The van der Waals surface area contributed by atoms with Gasteiger partial charge in [0.15, 0.2) is 0 Å². The minimum Gasteiger partial charge on any atom is -0.352 e. The van der Waals surface area contributed by atoms with Gasteiger partial charge in [-0.3, -0.25) is 9.59 Å². The summed E-state index contributed by atoms with van der Waals surface area (Å²) in [4.78, 5) is 32.4. The summed E-state index contributed by atoms with van der Waals surface area (Å²) in [6.45, 7) is 3.88. The van der Waals surface area contributed by atoms with Gasteiger partial charge in [0.05, 0.1) is 10.6 Å². The summed E-state index contributed by atoms with van der Waals surface area (Å²) in [6.07, 6.45) is 1.67. The number of carbonyl (C=O) groups excluding carboxylic acids is 1. The molecule has 0 spiro atoms. The van der Waals surface area contributed by atoms with Crippen LogP contribution in [0.1, 0.15) is 18.2 Å². The normalized spacial score (nSPS) is 10.6. The number of benzene rings is 1. The fraction of sp³-hybridized carbons (Fsp3) is 0.222. The first-order valence-corrected chi connectivity index (χ1v) is 8.86. The number of hydrogen-bond donors (Lipinski definition) is 2. The molecule has 0 saturated carbocycles. The lowest BCUT2D eigenvalue weighted by Crippen LogP contribution is -2.18. The fourth-order valence-corrected chi connectivity index (χ4v) is 3.31. The van der Waals surface area contributed by atoms with Crippen molar-refractivity contribution in [3.05, 3.63) is 57.5 Å². The Kier molecular flexibility index (Phi) is 5.13. The molecule has 3 aromatic rings. The second kappa shape index (κ2) is 7.49. The lowest BCUT2D eigenvalue weighted by Gasteiger charge is -2.08. The first kappa shape index (κ1) is 17.8. The van der Waals surface area contributed by atoms with Gasteiger partial charge in [-0.1, -0.05) is 23.5 Å². The standard InChI is InChI=1S/C18H19N5O2S/c1-11-16(26-18(25)23(11)3)15-8-9-19-17(22-15)21-14-6-4-13(5-7-14)10-20-12(2)24/h4-9H,10H2,1-3H3,(H,20,24)(H,19,21,22). The Morgan fingerprint density at radius 2 is 1.96 bits per heavy atom. The maximum atomic E-state index is 11.8. The highest BCUT2D eigenvalue weighted by atomic mass is 32.1. The molecular formula is C18H19N5O2S. The van der Waals surface area contributed by atoms with Crippen molar-refractivity contribution in [1.82, 2.24) is 19.9 Å². The molecule has 0 bridgehead atoms. The second-order valence-electron chi connectivity index (χ2n) is 5.84. The summed E-state index contributed by atoms with van der Waals surface area (Å²) in [7, 11) is 1.75. The first-order valence-electron chi connectivity index (χ1n) is 8.04. The molecule has 7 nitrogen and oxygen atoms in total. The predicted octanol–water partition coefficient (Wildman–Crippen LogP) is 2.59. The van der Waals surface area contributed by atoms with Crippen molar-refractivity contribution in [2.45, 2.75) is 20.4 Å². The zero-order valence-corrected chi connectivity index (χ0v) is 15.6. The molecule has 26 heavy (non-hydrogen) atoms. The molecule has 0 atom stereocenters. The topological polar surface area (TPSA) is 88.9 Å². The van der Waals surface area contributed by atoms with Crippen LogP contribution in [0.3, 0.4) is 0 Å². The fourth-order valence-electron chi connectivity index (χ4n) is 2.36. The maximum absolute atomic E-state index is 11.8. The zero-order chi connectivity index (χ0) is 18.7. The Morgan fingerprint density at radius 3 is 2.58 bits per heavy atom. The van der Waals surface area contributed by atoms with E-state index < -0.39 is 0 Å². The number of nitrogens with zero attached hydrogens (tertiary/aromatic N) is 3. The third-order valence-corrected chi connectivity index (χ3v) is 5.09. The molecule has 3 rings (SSSR count). The number of anilines is 2. The average Bonchev–Trinajstić information content (AvgIpc) is 2.89. The highest BCUT2D eigenvalue weighted by Gasteiger charge is 2.12. The summed E-state index contributed by atoms with van der Waals surface area (Å²) >= 11 is 1.17. The van der Waals surface area contributed by atoms with Crippen LogP contribution < -0.4 is 15.5 Å². The molecule has 0 unspecified atom stereocenters. The Morgan fingerprint density at radius 1 is 1.23 bits per heavy atom. The molecule has 2 heterocycles. The monoisotopic (exact) mass is 369 g/mol. The van der Waals surface area contributed by atoms with Gasteiger partial charge in [-0.2, -0.15) is 0 Å². The maximum Gasteiger partial charge on any atom is 0.307 e. The first-order chi connectivity index (χ1) is 12.4. The van der Waals surface area contributed by atoms with E-state index in [1.165, 1.54) is 18.3 Å². The summed E-state index contributed by atoms with van der Waals surface area (Å²) in [5.41, 5.74) is 3.44. The lowest BCUT2D eigenvalue weighted by molar-refractivity contribution is -0.119. The highest BCUT2D eigenvalue weighted by molar-refractivity contribution is 7.13. The minimum atomic E-state index is -0.0593. The summed E-state index contributed by atoms with van der Waals surface area (Å²) in [6, 6.07) is 9.45. The van der Waals surface area contributed by atoms with Crippen molar-refractivity contribution in [2.75, 3.05) is 5.32 Å². The predicted molar refractivity (Wildman–Crippen MR) is 103 cm³/mol. The summed E-state index contributed by atoms with van der Waals surface area (Å²) in [5, 5.41) is 5.92. The minimum absolute atomic E-state index is 0.0135. The number of aromatic nitrogens is 3. The summed E-state index contributed by atoms with van der Waals surface area (Å²) in [5.74, 6) is 0.399. The number of rotatable bonds is 5. The Balaban J connectivity index is 1.77. The Labute approximate surface area is 154 Å². The van der Waals surface area contributed by atoms with Gasteiger partial charge in [0.2, 0.25) is 11.9 Å². The van der Waals surface area contributed by atoms with Crippen LogP contribution in [0.5, 0.6) is 0 Å². The molecule has 134 valence electrons. The van der Waals surface area contributed by atoms with Gasteiger partial charge in [-0.05, 0) is 30.7 Å². The SMILES string of the molecule is CC(=O)NCc1ccc(Nc2nccc(-c3sc(=O)n(C)c3C)n2)cc1. The van der Waals surface area contributed by atoms with E-state index in [9.17, 15) is 9.59 Å². The second-order valence-corrected chi connectivity index (χ2v) is 6.80. The van der Waals surface area contributed by atoms with Crippen molar-refractivity contribution in [3.63, 3.8) is 0 Å². The van der Waals surface area contributed by atoms with E-state index in [0.29, 0.717) is 18.2 Å². The van der Waals surface area contributed by atoms with Crippen molar-refractivity contribution in [3.8, 4) is 10.6 Å². The molecule has 0 aliphatic rings. The highest BCUT2D eigenvalue weighted by Crippen LogP contribution is 2.25. The quantitative estimate of drug-likeness (QED) is 0.722. The smallest absolute Gasteiger partial charge is 0.307 e. The van der Waals surface area contributed by atoms with E-state index in [2.05, 4.69) is 20.6 Å².